The number of para-hydroxylation sites is 1. The number of thioether (sulfide) groups is 1. The van der Waals surface area contributed by atoms with Crippen molar-refractivity contribution >= 4 is 17.4 Å². The van der Waals surface area contributed by atoms with Crippen molar-refractivity contribution in [2.24, 2.45) is 5.92 Å². The summed E-state index contributed by atoms with van der Waals surface area (Å²) in [6.07, 6.45) is 0. The summed E-state index contributed by atoms with van der Waals surface area (Å²) in [4.78, 5) is 1.12. The zero-order chi connectivity index (χ0) is 11.3. The summed E-state index contributed by atoms with van der Waals surface area (Å²) >= 11 is 1.79. The molecule has 1 aromatic rings. The van der Waals surface area contributed by atoms with Gasteiger partial charge in [0.15, 0.2) is 0 Å². The highest BCUT2D eigenvalue weighted by Crippen LogP contribution is 2.33. The quantitative estimate of drug-likeness (QED) is 0.616. The first-order valence-electron chi connectivity index (χ1n) is 5.29. The van der Waals surface area contributed by atoms with Gasteiger partial charge in [-0.15, -0.1) is 11.8 Å². The van der Waals surface area contributed by atoms with E-state index in [-0.39, 0.29) is 0 Å². The molecule has 0 aliphatic heterocycles. The van der Waals surface area contributed by atoms with Crippen molar-refractivity contribution in [2.75, 3.05) is 18.1 Å². The Morgan fingerprint density at radius 3 is 2.73 bits per heavy atom. The van der Waals surface area contributed by atoms with Gasteiger partial charge < -0.3 is 10.5 Å². The molecule has 15 heavy (non-hydrogen) atoms. The number of nitrogens with two attached hydrogens (primary N) is 1. The highest BCUT2D eigenvalue weighted by molar-refractivity contribution is 7.99. The van der Waals surface area contributed by atoms with E-state index in [0.29, 0.717) is 12.5 Å². The molecule has 0 saturated heterocycles. The molecule has 0 amide bonds. The molecule has 1 aromatic carbocycles. The highest BCUT2D eigenvalue weighted by atomic mass is 32.2. The first kappa shape index (κ1) is 12.2. The number of benzene rings is 1. The van der Waals surface area contributed by atoms with Gasteiger partial charge in [0.05, 0.1) is 12.3 Å². The van der Waals surface area contributed by atoms with E-state index in [1.165, 1.54) is 0 Å². The Hall–Kier alpha value is -0.830. The van der Waals surface area contributed by atoms with Crippen LogP contribution in [0.5, 0.6) is 5.75 Å². The maximum absolute atomic E-state index is 6.01. The van der Waals surface area contributed by atoms with Crippen LogP contribution >= 0.6 is 11.8 Å². The minimum atomic E-state index is 0.655. The van der Waals surface area contributed by atoms with Gasteiger partial charge in [-0.2, -0.15) is 0 Å². The third-order valence-electron chi connectivity index (χ3n) is 1.90. The van der Waals surface area contributed by atoms with Crippen molar-refractivity contribution in [2.45, 2.75) is 25.7 Å². The van der Waals surface area contributed by atoms with Gasteiger partial charge in [0.2, 0.25) is 0 Å². The Labute approximate surface area is 96.2 Å². The zero-order valence-corrected chi connectivity index (χ0v) is 10.4. The zero-order valence-electron chi connectivity index (χ0n) is 9.62. The van der Waals surface area contributed by atoms with E-state index < -0.39 is 0 Å². The fraction of sp³-hybridized carbons (Fsp3) is 0.500. The normalized spacial score (nSPS) is 10.7. The third kappa shape index (κ3) is 3.67. The fourth-order valence-electron chi connectivity index (χ4n) is 1.19. The van der Waals surface area contributed by atoms with Gasteiger partial charge >= 0.3 is 0 Å². The van der Waals surface area contributed by atoms with Crippen LogP contribution in [-0.4, -0.2) is 12.4 Å². The van der Waals surface area contributed by atoms with E-state index in [1.807, 2.05) is 25.1 Å². The van der Waals surface area contributed by atoms with Crippen molar-refractivity contribution in [1.82, 2.24) is 0 Å². The monoisotopic (exact) mass is 225 g/mol. The van der Waals surface area contributed by atoms with E-state index >= 15 is 0 Å². The summed E-state index contributed by atoms with van der Waals surface area (Å²) < 4.78 is 5.45. The van der Waals surface area contributed by atoms with Crippen LogP contribution in [0.15, 0.2) is 23.1 Å². The van der Waals surface area contributed by atoms with E-state index in [4.69, 9.17) is 10.5 Å². The molecule has 0 unspecified atom stereocenters. The lowest BCUT2D eigenvalue weighted by Gasteiger charge is -2.11. The lowest BCUT2D eigenvalue weighted by molar-refractivity contribution is 0.341. The Balaban J connectivity index is 2.75. The van der Waals surface area contributed by atoms with Crippen LogP contribution in [0.3, 0.4) is 0 Å². The van der Waals surface area contributed by atoms with E-state index in [2.05, 4.69) is 13.8 Å². The average molecular weight is 225 g/mol. The molecule has 0 spiro atoms. The largest absolute Gasteiger partial charge is 0.492 e. The molecule has 84 valence electrons. The van der Waals surface area contributed by atoms with Crippen LogP contribution in [0.4, 0.5) is 5.69 Å². The molecule has 0 aromatic heterocycles. The van der Waals surface area contributed by atoms with Crippen LogP contribution in [0, 0.1) is 5.92 Å². The number of hydrogen-bond acceptors (Lipinski definition) is 3. The van der Waals surface area contributed by atoms with Crippen molar-refractivity contribution in [1.29, 1.82) is 0 Å². The van der Waals surface area contributed by atoms with Crippen LogP contribution in [0.2, 0.25) is 0 Å². The number of hydrogen-bond donors (Lipinski definition) is 1. The summed E-state index contributed by atoms with van der Waals surface area (Å²) in [7, 11) is 0. The average Bonchev–Trinajstić information content (AvgIpc) is 2.19. The Bertz CT molecular complexity index is 312. The number of anilines is 1. The SMILES string of the molecule is CCOc1cccc(SCC(C)C)c1N. The molecule has 0 radical (unpaired) electrons. The summed E-state index contributed by atoms with van der Waals surface area (Å²) in [5.41, 5.74) is 6.78. The minimum Gasteiger partial charge on any atom is -0.492 e. The van der Waals surface area contributed by atoms with Crippen LogP contribution in [-0.2, 0) is 0 Å². The standard InChI is InChI=1S/C12H19NOS/c1-4-14-10-6-5-7-11(12(10)13)15-8-9(2)3/h5-7,9H,4,8,13H2,1-3H3. The maximum atomic E-state index is 6.01. The Kier molecular flexibility index (Phi) is 4.82. The van der Waals surface area contributed by atoms with Crippen molar-refractivity contribution in [3.8, 4) is 5.75 Å². The molecule has 0 fully saturated rings. The van der Waals surface area contributed by atoms with Crippen molar-refractivity contribution in [3.63, 3.8) is 0 Å². The third-order valence-corrected chi connectivity index (χ3v) is 3.40. The molecule has 0 heterocycles. The minimum absolute atomic E-state index is 0.655. The van der Waals surface area contributed by atoms with Gasteiger partial charge in [0.1, 0.15) is 5.75 Å². The fourth-order valence-corrected chi connectivity index (χ4v) is 2.13. The van der Waals surface area contributed by atoms with E-state index in [0.717, 1.165) is 22.1 Å². The highest BCUT2D eigenvalue weighted by Gasteiger charge is 2.06. The Morgan fingerprint density at radius 2 is 2.13 bits per heavy atom. The summed E-state index contributed by atoms with van der Waals surface area (Å²) in [5, 5.41) is 0. The maximum Gasteiger partial charge on any atom is 0.143 e. The Morgan fingerprint density at radius 1 is 1.40 bits per heavy atom. The molecule has 0 bridgehead atoms. The molecule has 0 atom stereocenters. The lowest BCUT2D eigenvalue weighted by atomic mass is 10.3. The van der Waals surface area contributed by atoms with Gasteiger partial charge in [-0.3, -0.25) is 0 Å². The summed E-state index contributed by atoms with van der Waals surface area (Å²) in [6.45, 7) is 7.03. The predicted octanol–water partition coefficient (Wildman–Crippen LogP) is 3.42. The second-order valence-corrected chi connectivity index (χ2v) is 4.87. The lowest BCUT2D eigenvalue weighted by Crippen LogP contribution is -1.99. The molecular formula is C12H19NOS. The predicted molar refractivity (Wildman–Crippen MR) is 67.6 cm³/mol. The van der Waals surface area contributed by atoms with Gasteiger partial charge in [0, 0.05) is 10.6 Å². The number of nitrogen functional groups attached to an aromatic ring is 1. The molecular weight excluding hydrogens is 206 g/mol. The second-order valence-electron chi connectivity index (χ2n) is 3.81. The number of ether oxygens (including phenoxy) is 1. The van der Waals surface area contributed by atoms with Crippen molar-refractivity contribution in [3.05, 3.63) is 18.2 Å². The van der Waals surface area contributed by atoms with E-state index in [9.17, 15) is 0 Å². The van der Waals surface area contributed by atoms with Crippen LogP contribution in [0.1, 0.15) is 20.8 Å². The van der Waals surface area contributed by atoms with Gasteiger partial charge in [-0.1, -0.05) is 19.9 Å². The van der Waals surface area contributed by atoms with Gasteiger partial charge in [0.25, 0.3) is 0 Å². The van der Waals surface area contributed by atoms with Gasteiger partial charge in [-0.05, 0) is 25.0 Å². The molecule has 1 rings (SSSR count). The van der Waals surface area contributed by atoms with Crippen LogP contribution < -0.4 is 10.5 Å². The smallest absolute Gasteiger partial charge is 0.143 e. The first-order valence-corrected chi connectivity index (χ1v) is 6.27. The molecule has 0 saturated carbocycles. The topological polar surface area (TPSA) is 35.2 Å². The first-order chi connectivity index (χ1) is 7.15. The summed E-state index contributed by atoms with van der Waals surface area (Å²) in [6, 6.07) is 5.95. The molecule has 2 N–H and O–H groups in total. The second kappa shape index (κ2) is 5.91. The summed E-state index contributed by atoms with van der Waals surface area (Å²) in [5.74, 6) is 2.55. The van der Waals surface area contributed by atoms with E-state index in [1.54, 1.807) is 11.8 Å². The molecule has 0 aliphatic rings. The van der Waals surface area contributed by atoms with Gasteiger partial charge in [-0.25, -0.2) is 0 Å². The molecule has 0 aliphatic carbocycles. The molecule has 3 heteroatoms. The van der Waals surface area contributed by atoms with Crippen LogP contribution in [0.25, 0.3) is 0 Å². The van der Waals surface area contributed by atoms with Crippen molar-refractivity contribution < 1.29 is 4.74 Å². The molecule has 2 nitrogen and oxygen atoms in total. The number of rotatable bonds is 5.